The first kappa shape index (κ1) is 12.9. The number of amides is 2. The Bertz CT molecular complexity index is 369. The molecule has 0 spiro atoms. The summed E-state index contributed by atoms with van der Waals surface area (Å²) in [5, 5.41) is 2.65. The molecule has 2 rings (SSSR count). The molecule has 0 aliphatic carbocycles. The maximum atomic E-state index is 12.3. The molecule has 100 valence electrons. The minimum atomic E-state index is -0.492. The summed E-state index contributed by atoms with van der Waals surface area (Å²) in [6.07, 6.45) is 3.34. The fourth-order valence-electron chi connectivity index (χ4n) is 2.58. The largest absolute Gasteiger partial charge is 0.467 e. The van der Waals surface area contributed by atoms with E-state index in [0.29, 0.717) is 25.8 Å². The van der Waals surface area contributed by atoms with E-state index in [9.17, 15) is 14.4 Å². The maximum absolute atomic E-state index is 12.3. The number of ether oxygens (including phenoxy) is 1. The third-order valence-corrected chi connectivity index (χ3v) is 3.55. The SMILES string of the molecule is COC(=O)C1CCCCN1C(=O)[C@@H]1CCC(=O)N1. The summed E-state index contributed by atoms with van der Waals surface area (Å²) in [7, 11) is 1.33. The van der Waals surface area contributed by atoms with E-state index in [1.807, 2.05) is 0 Å². The van der Waals surface area contributed by atoms with E-state index in [-0.39, 0.29) is 17.8 Å². The van der Waals surface area contributed by atoms with Crippen molar-refractivity contribution in [3.8, 4) is 0 Å². The molecule has 0 aromatic rings. The van der Waals surface area contributed by atoms with Gasteiger partial charge in [-0.1, -0.05) is 0 Å². The molecule has 0 radical (unpaired) electrons. The molecule has 2 aliphatic heterocycles. The lowest BCUT2D eigenvalue weighted by Crippen LogP contribution is -2.53. The quantitative estimate of drug-likeness (QED) is 0.694. The van der Waals surface area contributed by atoms with Gasteiger partial charge >= 0.3 is 5.97 Å². The van der Waals surface area contributed by atoms with Crippen LogP contribution in [0.25, 0.3) is 0 Å². The molecule has 2 heterocycles. The van der Waals surface area contributed by atoms with E-state index in [1.165, 1.54) is 7.11 Å². The van der Waals surface area contributed by atoms with E-state index < -0.39 is 12.1 Å². The molecule has 2 saturated heterocycles. The Kier molecular flexibility index (Phi) is 3.84. The zero-order valence-corrected chi connectivity index (χ0v) is 10.5. The van der Waals surface area contributed by atoms with Crippen molar-refractivity contribution in [3.63, 3.8) is 0 Å². The van der Waals surface area contributed by atoms with Crippen LogP contribution in [0.4, 0.5) is 0 Å². The molecule has 0 bridgehead atoms. The van der Waals surface area contributed by atoms with Gasteiger partial charge < -0.3 is 15.0 Å². The normalized spacial score (nSPS) is 27.8. The Labute approximate surface area is 106 Å². The second-order valence-corrected chi connectivity index (χ2v) is 4.73. The van der Waals surface area contributed by atoms with Crippen molar-refractivity contribution in [2.75, 3.05) is 13.7 Å². The smallest absolute Gasteiger partial charge is 0.328 e. The van der Waals surface area contributed by atoms with Crippen molar-refractivity contribution in [2.24, 2.45) is 0 Å². The minimum Gasteiger partial charge on any atom is -0.467 e. The number of nitrogens with zero attached hydrogens (tertiary/aromatic N) is 1. The number of piperidine rings is 1. The lowest BCUT2D eigenvalue weighted by molar-refractivity contribution is -0.155. The van der Waals surface area contributed by atoms with Crippen molar-refractivity contribution >= 4 is 17.8 Å². The zero-order chi connectivity index (χ0) is 13.1. The molecular weight excluding hydrogens is 236 g/mol. The molecule has 0 saturated carbocycles. The number of hydrogen-bond donors (Lipinski definition) is 1. The van der Waals surface area contributed by atoms with Gasteiger partial charge in [0.2, 0.25) is 11.8 Å². The molecule has 2 amide bonds. The van der Waals surface area contributed by atoms with Crippen LogP contribution in [0.3, 0.4) is 0 Å². The Hall–Kier alpha value is -1.59. The zero-order valence-electron chi connectivity index (χ0n) is 10.5. The standard InChI is InChI=1S/C12H18N2O4/c1-18-12(17)9-4-2-3-7-14(9)11(16)8-5-6-10(15)13-8/h8-9H,2-7H2,1H3,(H,13,15)/t8-,9?/m0/s1. The van der Waals surface area contributed by atoms with Gasteiger partial charge in [0.1, 0.15) is 12.1 Å². The van der Waals surface area contributed by atoms with Gasteiger partial charge in [0.05, 0.1) is 7.11 Å². The van der Waals surface area contributed by atoms with E-state index in [0.717, 1.165) is 12.8 Å². The van der Waals surface area contributed by atoms with Crippen LogP contribution in [0.1, 0.15) is 32.1 Å². The van der Waals surface area contributed by atoms with Gasteiger partial charge in [-0.05, 0) is 25.7 Å². The van der Waals surface area contributed by atoms with Gasteiger partial charge in [-0.3, -0.25) is 9.59 Å². The highest BCUT2D eigenvalue weighted by Gasteiger charge is 2.38. The molecule has 18 heavy (non-hydrogen) atoms. The topological polar surface area (TPSA) is 75.7 Å². The molecule has 0 aromatic carbocycles. The van der Waals surface area contributed by atoms with Crippen molar-refractivity contribution in [2.45, 2.75) is 44.2 Å². The van der Waals surface area contributed by atoms with Crippen LogP contribution in [-0.4, -0.2) is 48.4 Å². The Morgan fingerprint density at radius 1 is 1.33 bits per heavy atom. The number of rotatable bonds is 2. The predicted octanol–water partition coefficient (Wildman–Crippen LogP) is -0.181. The minimum absolute atomic E-state index is 0.0972. The Morgan fingerprint density at radius 2 is 2.11 bits per heavy atom. The summed E-state index contributed by atoms with van der Waals surface area (Å²) in [6, 6.07) is -0.962. The fraction of sp³-hybridized carbons (Fsp3) is 0.750. The number of methoxy groups -OCH3 is 1. The van der Waals surface area contributed by atoms with Gasteiger partial charge in [-0.25, -0.2) is 4.79 Å². The second-order valence-electron chi connectivity index (χ2n) is 4.73. The molecule has 6 nitrogen and oxygen atoms in total. The van der Waals surface area contributed by atoms with E-state index in [4.69, 9.17) is 4.74 Å². The third kappa shape index (κ3) is 2.47. The fourth-order valence-corrected chi connectivity index (χ4v) is 2.58. The first-order valence-electron chi connectivity index (χ1n) is 6.31. The molecular formula is C12H18N2O4. The summed E-state index contributed by atoms with van der Waals surface area (Å²) < 4.78 is 4.73. The van der Waals surface area contributed by atoms with E-state index >= 15 is 0 Å². The van der Waals surface area contributed by atoms with Crippen LogP contribution < -0.4 is 5.32 Å². The van der Waals surface area contributed by atoms with Crippen LogP contribution in [0.2, 0.25) is 0 Å². The van der Waals surface area contributed by atoms with Crippen molar-refractivity contribution in [1.29, 1.82) is 0 Å². The summed E-state index contributed by atoms with van der Waals surface area (Å²) in [5.41, 5.74) is 0. The van der Waals surface area contributed by atoms with Crippen LogP contribution in [0, 0.1) is 0 Å². The summed E-state index contributed by atoms with van der Waals surface area (Å²) in [4.78, 5) is 36.6. The lowest BCUT2D eigenvalue weighted by Gasteiger charge is -2.35. The summed E-state index contributed by atoms with van der Waals surface area (Å²) in [6.45, 7) is 0.560. The average molecular weight is 254 g/mol. The number of carbonyl (C=O) groups excluding carboxylic acids is 3. The molecule has 2 fully saturated rings. The highest BCUT2D eigenvalue weighted by molar-refractivity contribution is 5.93. The molecule has 1 unspecified atom stereocenters. The lowest BCUT2D eigenvalue weighted by atomic mass is 10.0. The first-order valence-corrected chi connectivity index (χ1v) is 6.31. The van der Waals surface area contributed by atoms with Crippen molar-refractivity contribution in [3.05, 3.63) is 0 Å². The summed E-state index contributed by atoms with van der Waals surface area (Å²) in [5.74, 6) is -0.622. The number of hydrogen-bond acceptors (Lipinski definition) is 4. The first-order chi connectivity index (χ1) is 8.63. The van der Waals surface area contributed by atoms with E-state index in [2.05, 4.69) is 5.32 Å². The Morgan fingerprint density at radius 3 is 2.72 bits per heavy atom. The van der Waals surface area contributed by atoms with Crippen LogP contribution in [0.15, 0.2) is 0 Å². The highest BCUT2D eigenvalue weighted by Crippen LogP contribution is 2.21. The van der Waals surface area contributed by atoms with Crippen molar-refractivity contribution < 1.29 is 19.1 Å². The molecule has 6 heteroatoms. The number of esters is 1. The highest BCUT2D eigenvalue weighted by atomic mass is 16.5. The molecule has 1 N–H and O–H groups in total. The second kappa shape index (κ2) is 5.37. The number of nitrogens with one attached hydrogen (secondary N) is 1. The maximum Gasteiger partial charge on any atom is 0.328 e. The monoisotopic (exact) mass is 254 g/mol. The van der Waals surface area contributed by atoms with Gasteiger partial charge in [0.15, 0.2) is 0 Å². The van der Waals surface area contributed by atoms with Gasteiger partial charge in [-0.15, -0.1) is 0 Å². The number of likely N-dealkylation sites (tertiary alicyclic amines) is 1. The predicted molar refractivity (Wildman–Crippen MR) is 62.5 cm³/mol. The number of carbonyl (C=O) groups is 3. The van der Waals surface area contributed by atoms with Gasteiger partial charge in [-0.2, -0.15) is 0 Å². The molecule has 2 aliphatic rings. The summed E-state index contributed by atoms with van der Waals surface area (Å²) >= 11 is 0. The van der Waals surface area contributed by atoms with Crippen LogP contribution >= 0.6 is 0 Å². The van der Waals surface area contributed by atoms with Crippen LogP contribution in [0.5, 0.6) is 0 Å². The third-order valence-electron chi connectivity index (χ3n) is 3.55. The van der Waals surface area contributed by atoms with Crippen molar-refractivity contribution in [1.82, 2.24) is 10.2 Å². The van der Waals surface area contributed by atoms with Gasteiger partial charge in [0.25, 0.3) is 0 Å². The average Bonchev–Trinajstić information content (AvgIpc) is 2.83. The van der Waals surface area contributed by atoms with Crippen LogP contribution in [-0.2, 0) is 19.1 Å². The molecule has 2 atom stereocenters. The van der Waals surface area contributed by atoms with Gasteiger partial charge in [0, 0.05) is 13.0 Å². The molecule has 0 aromatic heterocycles. The Balaban J connectivity index is 2.06. The van der Waals surface area contributed by atoms with E-state index in [1.54, 1.807) is 4.90 Å².